The van der Waals surface area contributed by atoms with E-state index in [4.69, 9.17) is 14.9 Å². The number of carbonyl (C=O) groups excluding carboxylic acids is 1. The summed E-state index contributed by atoms with van der Waals surface area (Å²) in [7, 11) is 1.66. The van der Waals surface area contributed by atoms with Crippen LogP contribution in [0.2, 0.25) is 0 Å². The first kappa shape index (κ1) is 15.5. The number of nitrogens with zero attached hydrogens (tertiary/aromatic N) is 1. The highest BCUT2D eigenvalue weighted by molar-refractivity contribution is 6.17. The first-order chi connectivity index (χ1) is 12.2. The molecule has 4 aromatic rings. The normalized spacial score (nSPS) is 11.4. The summed E-state index contributed by atoms with van der Waals surface area (Å²) >= 11 is 0. The molecule has 2 heterocycles. The van der Waals surface area contributed by atoms with Gasteiger partial charge in [-0.25, -0.2) is 0 Å². The van der Waals surface area contributed by atoms with Crippen LogP contribution in [0.3, 0.4) is 0 Å². The Kier molecular flexibility index (Phi) is 3.78. The van der Waals surface area contributed by atoms with Crippen LogP contribution in [0.1, 0.15) is 21.5 Å². The summed E-state index contributed by atoms with van der Waals surface area (Å²) in [6.07, 6.45) is 3.37. The van der Waals surface area contributed by atoms with Gasteiger partial charge in [-0.1, -0.05) is 6.07 Å². The number of hydrogen-bond acceptors (Lipinski definition) is 3. The van der Waals surface area contributed by atoms with Crippen molar-refractivity contribution in [1.29, 1.82) is 0 Å². The third-order valence-electron chi connectivity index (χ3n) is 4.35. The molecule has 0 bridgehead atoms. The molecule has 125 valence electrons. The number of furan rings is 1. The van der Waals surface area contributed by atoms with Gasteiger partial charge < -0.3 is 19.5 Å². The molecule has 4 rings (SSSR count). The van der Waals surface area contributed by atoms with Crippen LogP contribution in [0.4, 0.5) is 0 Å². The minimum absolute atomic E-state index is 0.442. The molecule has 1 radical (unpaired) electrons. The van der Waals surface area contributed by atoms with Gasteiger partial charge in [0.2, 0.25) is 5.91 Å². The van der Waals surface area contributed by atoms with E-state index in [-0.39, 0.29) is 0 Å². The second-order valence-corrected chi connectivity index (χ2v) is 5.98. The van der Waals surface area contributed by atoms with E-state index in [1.54, 1.807) is 25.7 Å². The van der Waals surface area contributed by atoms with Gasteiger partial charge >= 0.3 is 0 Å². The van der Waals surface area contributed by atoms with E-state index in [0.29, 0.717) is 18.7 Å². The van der Waals surface area contributed by atoms with Crippen LogP contribution in [0, 0.1) is 6.07 Å². The number of methoxy groups -OCH3 is 1. The Hall–Kier alpha value is -3.05. The molecule has 0 unspecified atom stereocenters. The SMILES string of the molecule is COCc1c[c]c2c3c(C(N)=O)cccc3n(Cc3ccoc3)c2c1. The standard InChI is InChI=1S/C20H17N2O3/c1-24-11-13-5-6-15-18(9-13)22(10-14-7-8-25-12-14)17-4-2-3-16(19(15)17)20(21)23/h2-5,7-9,12H,10-11H2,1H3,(H2,21,23). The molecule has 0 fully saturated rings. The molecular weight excluding hydrogens is 316 g/mol. The molecule has 0 atom stereocenters. The highest BCUT2D eigenvalue weighted by Gasteiger charge is 2.17. The Morgan fingerprint density at radius 1 is 1.28 bits per heavy atom. The fourth-order valence-electron chi connectivity index (χ4n) is 3.29. The smallest absolute Gasteiger partial charge is 0.249 e. The number of aromatic nitrogens is 1. The van der Waals surface area contributed by atoms with Gasteiger partial charge in [-0.15, -0.1) is 0 Å². The lowest BCUT2D eigenvalue weighted by Gasteiger charge is -2.07. The second kappa shape index (κ2) is 6.11. The zero-order valence-electron chi connectivity index (χ0n) is 13.8. The quantitative estimate of drug-likeness (QED) is 0.608. The lowest BCUT2D eigenvalue weighted by molar-refractivity contribution is 0.100. The zero-order chi connectivity index (χ0) is 17.4. The zero-order valence-corrected chi connectivity index (χ0v) is 13.8. The molecule has 25 heavy (non-hydrogen) atoms. The molecule has 0 spiro atoms. The maximum absolute atomic E-state index is 11.9. The van der Waals surface area contributed by atoms with Gasteiger partial charge in [0, 0.05) is 29.0 Å². The predicted molar refractivity (Wildman–Crippen MR) is 95.3 cm³/mol. The topological polar surface area (TPSA) is 70.4 Å². The van der Waals surface area contributed by atoms with E-state index in [9.17, 15) is 4.79 Å². The number of amides is 1. The maximum Gasteiger partial charge on any atom is 0.249 e. The Morgan fingerprint density at radius 2 is 2.16 bits per heavy atom. The number of primary amides is 1. The van der Waals surface area contributed by atoms with Gasteiger partial charge in [-0.3, -0.25) is 4.79 Å². The lowest BCUT2D eigenvalue weighted by atomic mass is 10.0. The van der Waals surface area contributed by atoms with Gasteiger partial charge in [0.05, 0.1) is 36.7 Å². The van der Waals surface area contributed by atoms with Crippen molar-refractivity contribution in [2.75, 3.05) is 7.11 Å². The Balaban J connectivity index is 2.05. The number of benzene rings is 2. The summed E-state index contributed by atoms with van der Waals surface area (Å²) < 4.78 is 12.6. The maximum atomic E-state index is 11.9. The average molecular weight is 333 g/mol. The molecular formula is C20H17N2O3. The Morgan fingerprint density at radius 3 is 2.88 bits per heavy atom. The van der Waals surface area contributed by atoms with Crippen LogP contribution < -0.4 is 5.73 Å². The van der Waals surface area contributed by atoms with Crippen LogP contribution in [0.25, 0.3) is 21.8 Å². The minimum atomic E-state index is -0.442. The van der Waals surface area contributed by atoms with Gasteiger partial charge in [0.15, 0.2) is 0 Å². The number of ether oxygens (including phenoxy) is 1. The summed E-state index contributed by atoms with van der Waals surface area (Å²) in [4.78, 5) is 11.9. The molecule has 0 aliphatic carbocycles. The number of nitrogens with two attached hydrogens (primary N) is 1. The van der Waals surface area contributed by atoms with E-state index >= 15 is 0 Å². The van der Waals surface area contributed by atoms with E-state index < -0.39 is 5.91 Å². The fraction of sp³-hybridized carbons (Fsp3) is 0.150. The minimum Gasteiger partial charge on any atom is -0.472 e. The van der Waals surface area contributed by atoms with Crippen molar-refractivity contribution >= 4 is 27.7 Å². The van der Waals surface area contributed by atoms with Crippen molar-refractivity contribution in [3.8, 4) is 0 Å². The predicted octanol–water partition coefficient (Wildman–Crippen LogP) is 3.48. The molecule has 5 heteroatoms. The van der Waals surface area contributed by atoms with Crippen molar-refractivity contribution < 1.29 is 13.9 Å². The van der Waals surface area contributed by atoms with E-state index in [1.165, 1.54) is 0 Å². The third kappa shape index (κ3) is 2.58. The number of fused-ring (bicyclic) bond motifs is 3. The summed E-state index contributed by atoms with van der Waals surface area (Å²) in [6.45, 7) is 1.13. The summed E-state index contributed by atoms with van der Waals surface area (Å²) in [5.74, 6) is -0.442. The third-order valence-corrected chi connectivity index (χ3v) is 4.35. The van der Waals surface area contributed by atoms with Crippen LogP contribution >= 0.6 is 0 Å². The Labute approximate surface area is 144 Å². The molecule has 0 saturated heterocycles. The van der Waals surface area contributed by atoms with Crippen molar-refractivity contribution in [3.63, 3.8) is 0 Å². The molecule has 1 amide bonds. The monoisotopic (exact) mass is 333 g/mol. The molecule has 2 aromatic heterocycles. The summed E-state index contributed by atoms with van der Waals surface area (Å²) in [5, 5.41) is 1.71. The molecule has 0 aliphatic heterocycles. The van der Waals surface area contributed by atoms with Gasteiger partial charge in [0.25, 0.3) is 0 Å². The number of carbonyl (C=O) groups is 1. The van der Waals surface area contributed by atoms with Gasteiger partial charge in [-0.2, -0.15) is 0 Å². The molecule has 2 aromatic carbocycles. The van der Waals surface area contributed by atoms with Gasteiger partial charge in [0.1, 0.15) is 0 Å². The lowest BCUT2D eigenvalue weighted by Crippen LogP contribution is -2.11. The van der Waals surface area contributed by atoms with Gasteiger partial charge in [-0.05, 0) is 42.0 Å². The van der Waals surface area contributed by atoms with E-state index in [0.717, 1.165) is 32.9 Å². The molecule has 5 nitrogen and oxygen atoms in total. The first-order valence-corrected chi connectivity index (χ1v) is 7.94. The first-order valence-electron chi connectivity index (χ1n) is 7.94. The average Bonchev–Trinajstić information content (AvgIpc) is 3.22. The van der Waals surface area contributed by atoms with E-state index in [2.05, 4.69) is 16.7 Å². The van der Waals surface area contributed by atoms with Crippen LogP contribution in [0.15, 0.2) is 53.3 Å². The van der Waals surface area contributed by atoms with Crippen molar-refractivity contribution in [3.05, 3.63) is 71.7 Å². The summed E-state index contributed by atoms with van der Waals surface area (Å²) in [6, 6.07) is 14.8. The highest BCUT2D eigenvalue weighted by atomic mass is 16.5. The second-order valence-electron chi connectivity index (χ2n) is 5.98. The largest absolute Gasteiger partial charge is 0.472 e. The van der Waals surface area contributed by atoms with Crippen LogP contribution in [-0.2, 0) is 17.9 Å². The fourth-order valence-corrected chi connectivity index (χ4v) is 3.29. The van der Waals surface area contributed by atoms with Crippen molar-refractivity contribution in [2.24, 2.45) is 5.73 Å². The van der Waals surface area contributed by atoms with E-state index in [1.807, 2.05) is 24.3 Å². The molecule has 0 aliphatic rings. The van der Waals surface area contributed by atoms with Crippen molar-refractivity contribution in [1.82, 2.24) is 4.57 Å². The number of hydrogen-bond donors (Lipinski definition) is 1. The Bertz CT molecular complexity index is 1060. The van der Waals surface area contributed by atoms with Crippen LogP contribution in [0.5, 0.6) is 0 Å². The molecule has 0 saturated carbocycles. The number of rotatable bonds is 5. The highest BCUT2D eigenvalue weighted by Crippen LogP contribution is 2.32. The van der Waals surface area contributed by atoms with Crippen LogP contribution in [-0.4, -0.2) is 17.6 Å². The van der Waals surface area contributed by atoms with Crippen molar-refractivity contribution in [2.45, 2.75) is 13.2 Å². The molecule has 2 N–H and O–H groups in total. The summed E-state index contributed by atoms with van der Waals surface area (Å²) in [5.41, 5.74) is 10.1.